The predicted molar refractivity (Wildman–Crippen MR) is 113 cm³/mol. The summed E-state index contributed by atoms with van der Waals surface area (Å²) in [5.74, 6) is -0.485. The SMILES string of the molecule is CC(=O)O.NC(=O)c1ccc(-c2n[nH]c3ccc(Nc4ccnc(N)n4)cc23)cc1. The summed E-state index contributed by atoms with van der Waals surface area (Å²) >= 11 is 0. The number of hydrogen-bond acceptors (Lipinski definition) is 7. The third-order valence-electron chi connectivity index (χ3n) is 3.95. The average Bonchev–Trinajstić information content (AvgIpc) is 3.11. The molecule has 0 bridgehead atoms. The molecule has 0 saturated carbocycles. The minimum Gasteiger partial charge on any atom is -0.481 e. The summed E-state index contributed by atoms with van der Waals surface area (Å²) in [5.41, 5.74) is 14.7. The maximum atomic E-state index is 11.2. The molecule has 0 aliphatic rings. The van der Waals surface area contributed by atoms with E-state index in [1.165, 1.54) is 0 Å². The number of carbonyl (C=O) groups excluding carboxylic acids is 1. The minimum atomic E-state index is -0.833. The van der Waals surface area contributed by atoms with Gasteiger partial charge in [0.2, 0.25) is 11.9 Å². The van der Waals surface area contributed by atoms with Gasteiger partial charge in [-0.1, -0.05) is 12.1 Å². The molecule has 0 atom stereocenters. The number of anilines is 3. The molecule has 7 N–H and O–H groups in total. The zero-order valence-electron chi connectivity index (χ0n) is 16.0. The van der Waals surface area contributed by atoms with E-state index in [1.807, 2.05) is 30.3 Å². The number of aromatic amines is 1. The Morgan fingerprint density at radius 1 is 1.10 bits per heavy atom. The van der Waals surface area contributed by atoms with Crippen molar-refractivity contribution in [2.75, 3.05) is 11.1 Å². The number of amides is 1. The normalized spacial score (nSPS) is 10.2. The number of carboxylic acid groups (broad SMARTS) is 1. The fourth-order valence-corrected chi connectivity index (χ4v) is 2.70. The highest BCUT2D eigenvalue weighted by Crippen LogP contribution is 2.29. The Morgan fingerprint density at radius 2 is 1.80 bits per heavy atom. The average molecular weight is 405 g/mol. The molecule has 152 valence electrons. The van der Waals surface area contributed by atoms with Crippen LogP contribution < -0.4 is 16.8 Å². The lowest BCUT2D eigenvalue weighted by Gasteiger charge is -2.06. The molecule has 0 aliphatic heterocycles. The van der Waals surface area contributed by atoms with Gasteiger partial charge in [0, 0.05) is 35.3 Å². The van der Waals surface area contributed by atoms with E-state index in [0.29, 0.717) is 11.4 Å². The second-order valence-electron chi connectivity index (χ2n) is 6.22. The van der Waals surface area contributed by atoms with Crippen molar-refractivity contribution in [3.05, 3.63) is 60.3 Å². The molecule has 0 spiro atoms. The van der Waals surface area contributed by atoms with E-state index in [9.17, 15) is 4.79 Å². The molecule has 10 heteroatoms. The van der Waals surface area contributed by atoms with Gasteiger partial charge < -0.3 is 21.9 Å². The Hall–Kier alpha value is -4.47. The molecule has 10 nitrogen and oxygen atoms in total. The summed E-state index contributed by atoms with van der Waals surface area (Å²) in [6.45, 7) is 1.08. The van der Waals surface area contributed by atoms with E-state index < -0.39 is 11.9 Å². The van der Waals surface area contributed by atoms with Crippen LogP contribution in [0.15, 0.2) is 54.7 Å². The smallest absolute Gasteiger partial charge is 0.300 e. The first kappa shape index (κ1) is 20.3. The highest BCUT2D eigenvalue weighted by molar-refractivity contribution is 5.97. The molecule has 0 saturated heterocycles. The molecule has 2 heterocycles. The molecular formula is C20H19N7O3. The number of primary amides is 1. The van der Waals surface area contributed by atoms with Gasteiger partial charge in [0.15, 0.2) is 0 Å². The number of benzene rings is 2. The molecule has 4 rings (SSSR count). The Balaban J connectivity index is 0.000000589. The fourth-order valence-electron chi connectivity index (χ4n) is 2.70. The van der Waals surface area contributed by atoms with Crippen molar-refractivity contribution < 1.29 is 14.7 Å². The van der Waals surface area contributed by atoms with Crippen molar-refractivity contribution >= 4 is 40.2 Å². The second-order valence-corrected chi connectivity index (χ2v) is 6.22. The third-order valence-corrected chi connectivity index (χ3v) is 3.95. The van der Waals surface area contributed by atoms with Gasteiger partial charge in [-0.25, -0.2) is 4.98 Å². The van der Waals surface area contributed by atoms with Gasteiger partial charge in [0.25, 0.3) is 5.97 Å². The lowest BCUT2D eigenvalue weighted by molar-refractivity contribution is -0.134. The van der Waals surface area contributed by atoms with Crippen molar-refractivity contribution in [1.82, 2.24) is 20.2 Å². The van der Waals surface area contributed by atoms with Gasteiger partial charge in [-0.3, -0.25) is 14.7 Å². The monoisotopic (exact) mass is 405 g/mol. The first-order valence-corrected chi connectivity index (χ1v) is 8.77. The van der Waals surface area contributed by atoms with E-state index in [1.54, 1.807) is 24.4 Å². The molecule has 0 fully saturated rings. The van der Waals surface area contributed by atoms with Crippen molar-refractivity contribution in [3.8, 4) is 11.3 Å². The van der Waals surface area contributed by atoms with Crippen LogP contribution in [0.4, 0.5) is 17.5 Å². The number of nitrogens with two attached hydrogens (primary N) is 2. The largest absolute Gasteiger partial charge is 0.481 e. The van der Waals surface area contributed by atoms with Crippen LogP contribution in [0.3, 0.4) is 0 Å². The molecule has 0 radical (unpaired) electrons. The van der Waals surface area contributed by atoms with Crippen LogP contribution in [0.1, 0.15) is 17.3 Å². The Labute approximate surface area is 171 Å². The second kappa shape index (κ2) is 8.69. The summed E-state index contributed by atoms with van der Waals surface area (Å²) in [4.78, 5) is 28.2. The molecule has 2 aromatic carbocycles. The molecule has 1 amide bonds. The van der Waals surface area contributed by atoms with Crippen LogP contribution in [0.5, 0.6) is 0 Å². The molecular weight excluding hydrogens is 386 g/mol. The maximum absolute atomic E-state index is 11.2. The Morgan fingerprint density at radius 3 is 2.43 bits per heavy atom. The molecule has 4 aromatic rings. The molecule has 30 heavy (non-hydrogen) atoms. The third kappa shape index (κ3) is 4.87. The molecule has 0 unspecified atom stereocenters. The number of H-pyrrole nitrogens is 1. The lowest BCUT2D eigenvalue weighted by atomic mass is 10.1. The number of carboxylic acids is 1. The number of aliphatic carboxylic acids is 1. The van der Waals surface area contributed by atoms with Crippen molar-refractivity contribution in [3.63, 3.8) is 0 Å². The van der Waals surface area contributed by atoms with Crippen LogP contribution in [-0.2, 0) is 4.79 Å². The van der Waals surface area contributed by atoms with Crippen LogP contribution in [-0.4, -0.2) is 37.1 Å². The van der Waals surface area contributed by atoms with E-state index in [-0.39, 0.29) is 5.95 Å². The van der Waals surface area contributed by atoms with Crippen LogP contribution in [0.2, 0.25) is 0 Å². The quantitative estimate of drug-likeness (QED) is 0.344. The number of nitrogen functional groups attached to an aromatic ring is 1. The summed E-state index contributed by atoms with van der Waals surface area (Å²) in [6, 6.07) is 14.6. The summed E-state index contributed by atoms with van der Waals surface area (Å²) in [5, 5.41) is 18.9. The maximum Gasteiger partial charge on any atom is 0.300 e. The standard InChI is InChI=1S/C18H15N7O.C2H4O2/c19-17(26)11-3-1-10(2-4-11)16-13-9-12(5-6-14(13)24-25-16)22-15-7-8-21-18(20)23-15;1-2(3)4/h1-9H,(H2,19,26)(H,24,25)(H3,20,21,22,23);1H3,(H,3,4). The number of nitrogens with one attached hydrogen (secondary N) is 2. The Bertz CT molecular complexity index is 1200. The van der Waals surface area contributed by atoms with Gasteiger partial charge in [0.05, 0.1) is 11.2 Å². The lowest BCUT2D eigenvalue weighted by Crippen LogP contribution is -2.10. The first-order valence-electron chi connectivity index (χ1n) is 8.77. The van der Waals surface area contributed by atoms with Crippen molar-refractivity contribution in [1.29, 1.82) is 0 Å². The highest BCUT2D eigenvalue weighted by Gasteiger charge is 2.10. The Kier molecular flexibility index (Phi) is 5.87. The predicted octanol–water partition coefficient (Wildman–Crippen LogP) is 2.54. The number of rotatable bonds is 4. The van der Waals surface area contributed by atoms with Gasteiger partial charge in [-0.2, -0.15) is 10.1 Å². The van der Waals surface area contributed by atoms with Crippen LogP contribution in [0.25, 0.3) is 22.2 Å². The fraction of sp³-hybridized carbons (Fsp3) is 0.0500. The van der Waals surface area contributed by atoms with E-state index in [4.69, 9.17) is 21.4 Å². The summed E-state index contributed by atoms with van der Waals surface area (Å²) < 4.78 is 0. The van der Waals surface area contributed by atoms with E-state index >= 15 is 0 Å². The van der Waals surface area contributed by atoms with Crippen LogP contribution >= 0.6 is 0 Å². The number of carbonyl (C=O) groups is 2. The van der Waals surface area contributed by atoms with Crippen LogP contribution in [0, 0.1) is 0 Å². The highest BCUT2D eigenvalue weighted by atomic mass is 16.4. The van der Waals surface area contributed by atoms with E-state index in [0.717, 1.165) is 34.8 Å². The number of aromatic nitrogens is 4. The van der Waals surface area contributed by atoms with Crippen molar-refractivity contribution in [2.24, 2.45) is 5.73 Å². The first-order chi connectivity index (χ1) is 14.3. The topological polar surface area (TPSA) is 173 Å². The van der Waals surface area contributed by atoms with Gasteiger partial charge in [-0.05, 0) is 36.4 Å². The minimum absolute atomic E-state index is 0.203. The zero-order chi connectivity index (χ0) is 21.7. The van der Waals surface area contributed by atoms with E-state index in [2.05, 4.69) is 25.5 Å². The zero-order valence-corrected chi connectivity index (χ0v) is 16.0. The number of hydrogen-bond donors (Lipinski definition) is 5. The summed E-state index contributed by atoms with van der Waals surface area (Å²) in [6.07, 6.45) is 1.59. The van der Waals surface area contributed by atoms with Crippen molar-refractivity contribution in [2.45, 2.75) is 6.92 Å². The number of fused-ring (bicyclic) bond motifs is 1. The molecule has 0 aliphatic carbocycles. The molecule has 2 aromatic heterocycles. The van der Waals surface area contributed by atoms with Gasteiger partial charge in [-0.15, -0.1) is 0 Å². The van der Waals surface area contributed by atoms with Gasteiger partial charge >= 0.3 is 0 Å². The number of nitrogens with zero attached hydrogens (tertiary/aromatic N) is 3. The van der Waals surface area contributed by atoms with Gasteiger partial charge in [0.1, 0.15) is 5.82 Å². The summed E-state index contributed by atoms with van der Waals surface area (Å²) in [7, 11) is 0.